The van der Waals surface area contributed by atoms with Crippen molar-refractivity contribution >= 4 is 0 Å². The van der Waals surface area contributed by atoms with Crippen molar-refractivity contribution in [2.75, 3.05) is 6.54 Å². The van der Waals surface area contributed by atoms with E-state index in [1.54, 1.807) is 0 Å². The second-order valence-corrected chi connectivity index (χ2v) is 9.13. The summed E-state index contributed by atoms with van der Waals surface area (Å²) in [7, 11) is 0. The number of aliphatic hydroxyl groups excluding tert-OH is 1. The fourth-order valence-corrected chi connectivity index (χ4v) is 3.94. The van der Waals surface area contributed by atoms with Crippen LogP contribution in [0, 0.1) is 0 Å². The van der Waals surface area contributed by atoms with Crippen LogP contribution in [0.15, 0.2) is 109 Å². The van der Waals surface area contributed by atoms with E-state index in [1.165, 1.54) is 5.56 Å². The first-order chi connectivity index (χ1) is 17.7. The molecule has 0 saturated carbocycles. The first-order valence-electron chi connectivity index (χ1n) is 12.6. The summed E-state index contributed by atoms with van der Waals surface area (Å²) < 4.78 is 11.7. The minimum Gasteiger partial charge on any atom is -0.489 e. The average Bonchev–Trinajstić information content (AvgIpc) is 2.94. The Morgan fingerprint density at radius 2 is 1.14 bits per heavy atom. The highest BCUT2D eigenvalue weighted by Crippen LogP contribution is 2.19. The lowest BCUT2D eigenvalue weighted by Gasteiger charge is -2.18. The summed E-state index contributed by atoms with van der Waals surface area (Å²) in [6.45, 7) is 3.78. The highest BCUT2D eigenvalue weighted by molar-refractivity contribution is 5.30. The maximum Gasteiger partial charge on any atom is 0.119 e. The van der Waals surface area contributed by atoms with Crippen LogP contribution in [-0.4, -0.2) is 17.7 Å². The molecule has 0 spiro atoms. The highest BCUT2D eigenvalue weighted by Gasteiger charge is 2.10. The standard InChI is InChI=1S/C32H35NO3/c1-25(12-13-26-14-18-30(19-15-26)35-23-27-8-4-2-5-9-27)33-22-32(34)29-16-20-31(21-17-29)36-24-28-10-6-3-7-11-28/h2-11,14-21,25,32-34H,12-13,22-24H2,1H3/t25-,32?/m1/s1. The summed E-state index contributed by atoms with van der Waals surface area (Å²) in [6, 6.07) is 36.6. The monoisotopic (exact) mass is 481 g/mol. The second-order valence-electron chi connectivity index (χ2n) is 9.13. The molecule has 1 unspecified atom stereocenters. The van der Waals surface area contributed by atoms with E-state index in [9.17, 15) is 5.11 Å². The van der Waals surface area contributed by atoms with Crippen molar-refractivity contribution in [1.29, 1.82) is 0 Å². The number of aliphatic hydroxyl groups is 1. The second kappa shape index (κ2) is 13.5. The molecule has 4 nitrogen and oxygen atoms in total. The van der Waals surface area contributed by atoms with Gasteiger partial charge in [0, 0.05) is 12.6 Å². The van der Waals surface area contributed by atoms with Gasteiger partial charge in [-0.3, -0.25) is 0 Å². The van der Waals surface area contributed by atoms with E-state index < -0.39 is 6.10 Å². The van der Waals surface area contributed by atoms with Gasteiger partial charge in [-0.05, 0) is 66.3 Å². The van der Waals surface area contributed by atoms with Crippen LogP contribution in [0.5, 0.6) is 11.5 Å². The van der Waals surface area contributed by atoms with Crippen molar-refractivity contribution in [1.82, 2.24) is 5.32 Å². The molecule has 4 heteroatoms. The van der Waals surface area contributed by atoms with E-state index in [-0.39, 0.29) is 0 Å². The topological polar surface area (TPSA) is 50.7 Å². The lowest BCUT2D eigenvalue weighted by molar-refractivity contribution is 0.170. The van der Waals surface area contributed by atoms with Gasteiger partial charge in [-0.1, -0.05) is 84.9 Å². The van der Waals surface area contributed by atoms with Gasteiger partial charge in [-0.2, -0.15) is 0 Å². The molecular formula is C32H35NO3. The SMILES string of the molecule is C[C@H](CCc1ccc(OCc2ccccc2)cc1)NCC(O)c1ccc(OCc2ccccc2)cc1. The van der Waals surface area contributed by atoms with Gasteiger partial charge in [-0.25, -0.2) is 0 Å². The number of hydrogen-bond donors (Lipinski definition) is 2. The maximum atomic E-state index is 10.6. The van der Waals surface area contributed by atoms with E-state index in [1.807, 2.05) is 84.9 Å². The molecule has 0 fully saturated rings. The van der Waals surface area contributed by atoms with E-state index in [0.29, 0.717) is 25.8 Å². The Labute approximate surface area is 214 Å². The van der Waals surface area contributed by atoms with Gasteiger partial charge in [0.15, 0.2) is 0 Å². The van der Waals surface area contributed by atoms with E-state index >= 15 is 0 Å². The molecule has 0 bridgehead atoms. The molecule has 0 heterocycles. The molecule has 2 N–H and O–H groups in total. The van der Waals surface area contributed by atoms with Crippen LogP contribution in [-0.2, 0) is 19.6 Å². The van der Waals surface area contributed by atoms with E-state index in [0.717, 1.165) is 41.0 Å². The molecule has 4 rings (SSSR count). The molecule has 0 aliphatic heterocycles. The third-order valence-electron chi connectivity index (χ3n) is 6.21. The van der Waals surface area contributed by atoms with Gasteiger partial charge in [-0.15, -0.1) is 0 Å². The van der Waals surface area contributed by atoms with Crippen molar-refractivity contribution in [3.05, 3.63) is 131 Å². The van der Waals surface area contributed by atoms with Gasteiger partial charge in [0.05, 0.1) is 6.10 Å². The summed E-state index contributed by atoms with van der Waals surface area (Å²) in [5.41, 5.74) is 4.46. The van der Waals surface area contributed by atoms with Gasteiger partial charge >= 0.3 is 0 Å². The maximum absolute atomic E-state index is 10.6. The van der Waals surface area contributed by atoms with Gasteiger partial charge in [0.25, 0.3) is 0 Å². The quantitative estimate of drug-likeness (QED) is 0.229. The van der Waals surface area contributed by atoms with Crippen LogP contribution >= 0.6 is 0 Å². The third kappa shape index (κ3) is 8.26. The van der Waals surface area contributed by atoms with Gasteiger partial charge in [0.1, 0.15) is 24.7 Å². The van der Waals surface area contributed by atoms with Crippen LogP contribution < -0.4 is 14.8 Å². The molecular weight excluding hydrogens is 446 g/mol. The summed E-state index contributed by atoms with van der Waals surface area (Å²) in [5.74, 6) is 1.68. The predicted octanol–water partition coefficient (Wildman–Crippen LogP) is 6.49. The van der Waals surface area contributed by atoms with Crippen molar-refractivity contribution in [3.63, 3.8) is 0 Å². The lowest BCUT2D eigenvalue weighted by atomic mass is 10.1. The van der Waals surface area contributed by atoms with Crippen molar-refractivity contribution in [3.8, 4) is 11.5 Å². The molecule has 0 amide bonds. The Hall–Kier alpha value is -3.60. The molecule has 0 aliphatic carbocycles. The average molecular weight is 482 g/mol. The van der Waals surface area contributed by atoms with Crippen LogP contribution in [0.4, 0.5) is 0 Å². The zero-order valence-corrected chi connectivity index (χ0v) is 20.8. The largest absolute Gasteiger partial charge is 0.489 e. The molecule has 4 aromatic rings. The van der Waals surface area contributed by atoms with Crippen LogP contribution in [0.3, 0.4) is 0 Å². The molecule has 0 aromatic heterocycles. The molecule has 4 aromatic carbocycles. The predicted molar refractivity (Wildman–Crippen MR) is 145 cm³/mol. The summed E-state index contributed by atoms with van der Waals surface area (Å²) in [6.07, 6.45) is 1.40. The number of aryl methyl sites for hydroxylation is 1. The fourth-order valence-electron chi connectivity index (χ4n) is 3.94. The Bertz CT molecular complexity index is 1150. The number of benzene rings is 4. The number of rotatable bonds is 13. The first kappa shape index (κ1) is 25.5. The Kier molecular flexibility index (Phi) is 9.54. The van der Waals surface area contributed by atoms with Crippen molar-refractivity contribution < 1.29 is 14.6 Å². The molecule has 0 radical (unpaired) electrons. The molecule has 186 valence electrons. The van der Waals surface area contributed by atoms with Crippen LogP contribution in [0.2, 0.25) is 0 Å². The molecule has 36 heavy (non-hydrogen) atoms. The molecule has 0 aliphatic rings. The van der Waals surface area contributed by atoms with Crippen LogP contribution in [0.1, 0.15) is 41.7 Å². The smallest absolute Gasteiger partial charge is 0.119 e. The highest BCUT2D eigenvalue weighted by atomic mass is 16.5. The number of ether oxygens (including phenoxy) is 2. The minimum absolute atomic E-state index is 0.294. The zero-order valence-electron chi connectivity index (χ0n) is 20.8. The van der Waals surface area contributed by atoms with Crippen molar-refractivity contribution in [2.45, 2.75) is 45.1 Å². The van der Waals surface area contributed by atoms with E-state index in [4.69, 9.17) is 9.47 Å². The Morgan fingerprint density at radius 3 is 1.67 bits per heavy atom. The van der Waals surface area contributed by atoms with Gasteiger partial charge < -0.3 is 19.9 Å². The third-order valence-corrected chi connectivity index (χ3v) is 6.21. The zero-order chi connectivity index (χ0) is 25.0. The summed E-state index contributed by atoms with van der Waals surface area (Å²) in [5, 5.41) is 14.1. The summed E-state index contributed by atoms with van der Waals surface area (Å²) in [4.78, 5) is 0. The number of nitrogens with one attached hydrogen (secondary N) is 1. The molecule has 2 atom stereocenters. The molecule has 0 saturated heterocycles. The lowest BCUT2D eigenvalue weighted by Crippen LogP contribution is -2.30. The Balaban J connectivity index is 1.14. The van der Waals surface area contributed by atoms with Crippen molar-refractivity contribution in [2.24, 2.45) is 0 Å². The van der Waals surface area contributed by atoms with Gasteiger partial charge in [0.2, 0.25) is 0 Å². The summed E-state index contributed by atoms with van der Waals surface area (Å²) >= 11 is 0. The fraction of sp³-hybridized carbons (Fsp3) is 0.250. The normalized spacial score (nSPS) is 12.6. The minimum atomic E-state index is -0.559. The number of hydrogen-bond acceptors (Lipinski definition) is 4. The first-order valence-corrected chi connectivity index (χ1v) is 12.6. The van der Waals surface area contributed by atoms with Crippen LogP contribution in [0.25, 0.3) is 0 Å². The van der Waals surface area contributed by atoms with E-state index in [2.05, 4.69) is 36.5 Å². The Morgan fingerprint density at radius 1 is 0.639 bits per heavy atom.